The maximum Gasteiger partial charge on any atom is 1.00 e. The molecule has 12 heteroatoms. The van der Waals surface area contributed by atoms with E-state index in [2.05, 4.69) is 16.2 Å². The summed E-state index contributed by atoms with van der Waals surface area (Å²) in [5.74, 6) is 0.408. The third-order valence-corrected chi connectivity index (χ3v) is 5.45. The Bertz CT molecular complexity index is 639. The van der Waals surface area contributed by atoms with Crippen LogP contribution in [0.5, 0.6) is 0 Å². The normalized spacial score (nSPS) is 27.4. The molecule has 2 atom stereocenters. The number of carbonyl (C=O) groups excluding carboxylic acids is 1. The van der Waals surface area contributed by atoms with E-state index in [1.165, 1.54) is 4.90 Å². The molecule has 0 aromatic rings. The number of hydrogen-bond donors (Lipinski definition) is 1. The van der Waals surface area contributed by atoms with E-state index in [0.717, 1.165) is 25.9 Å². The van der Waals surface area contributed by atoms with Crippen molar-refractivity contribution in [3.63, 3.8) is 0 Å². The third-order valence-electron chi connectivity index (χ3n) is 5.11. The molecule has 10 nitrogen and oxygen atoms in total. The fourth-order valence-corrected chi connectivity index (χ4v) is 4.02. The summed E-state index contributed by atoms with van der Waals surface area (Å²) < 4.78 is 42.2. The molecule has 3 heterocycles. The SMILES string of the molecule is CN1CCC(COC(=N)[C@@H]2CC[C@@H]3CN2C(=O)N3OS(=O)(=O)[O-])CC1.[Na+]. The van der Waals surface area contributed by atoms with Crippen molar-refractivity contribution >= 4 is 22.3 Å². The molecule has 0 spiro atoms. The molecule has 26 heavy (non-hydrogen) atoms. The summed E-state index contributed by atoms with van der Waals surface area (Å²) in [5.41, 5.74) is 0. The zero-order valence-electron chi connectivity index (χ0n) is 15.1. The number of nitrogens with zero attached hydrogens (tertiary/aromatic N) is 3. The van der Waals surface area contributed by atoms with E-state index in [1.54, 1.807) is 0 Å². The Balaban J connectivity index is 0.00000243. The number of rotatable bonds is 5. The van der Waals surface area contributed by atoms with Gasteiger partial charge in [-0.2, -0.15) is 9.35 Å². The summed E-state index contributed by atoms with van der Waals surface area (Å²) in [6.45, 7) is 2.68. The molecule has 0 unspecified atom stereocenters. The van der Waals surface area contributed by atoms with Crippen LogP contribution in [0.1, 0.15) is 25.7 Å². The summed E-state index contributed by atoms with van der Waals surface area (Å²) in [7, 11) is -2.93. The summed E-state index contributed by atoms with van der Waals surface area (Å²) in [5, 5.41) is 8.78. The molecule has 142 valence electrons. The Morgan fingerprint density at radius 1 is 1.27 bits per heavy atom. The van der Waals surface area contributed by atoms with E-state index in [9.17, 15) is 17.8 Å². The maximum absolute atomic E-state index is 12.3. The first-order valence-corrected chi connectivity index (χ1v) is 9.73. The standard InChI is InChI=1S/C14H24N4O6S.Na/c1-16-6-4-10(5-7-16)9-23-13(15)12-3-2-11-8-17(12)14(19)18(11)24-25(20,21)22;/h10-12,15H,2-9H2,1H3,(H,20,21,22);/q;+1/p-1/t11-,12+;/m1./s1. The van der Waals surface area contributed by atoms with Gasteiger partial charge in [-0.25, -0.2) is 13.2 Å². The zero-order chi connectivity index (χ0) is 18.2. The van der Waals surface area contributed by atoms with Crippen molar-refractivity contribution in [2.75, 3.05) is 33.3 Å². The van der Waals surface area contributed by atoms with E-state index in [-0.39, 0.29) is 42.0 Å². The monoisotopic (exact) mass is 398 g/mol. The van der Waals surface area contributed by atoms with Crippen molar-refractivity contribution in [2.45, 2.75) is 37.8 Å². The van der Waals surface area contributed by atoms with E-state index in [0.29, 0.717) is 30.4 Å². The minimum atomic E-state index is -5.01. The van der Waals surface area contributed by atoms with E-state index in [4.69, 9.17) is 10.1 Å². The van der Waals surface area contributed by atoms with Crippen molar-refractivity contribution < 1.29 is 56.3 Å². The number of fused-ring (bicyclic) bond motifs is 2. The van der Waals surface area contributed by atoms with Gasteiger partial charge in [0.25, 0.3) is 0 Å². The third kappa shape index (κ3) is 5.09. The van der Waals surface area contributed by atoms with E-state index < -0.39 is 28.5 Å². The van der Waals surface area contributed by atoms with Crippen molar-refractivity contribution in [1.29, 1.82) is 5.41 Å². The quantitative estimate of drug-likeness (QED) is 0.172. The number of likely N-dealkylation sites (tertiary alicyclic amines) is 1. The number of carbonyl (C=O) groups is 1. The molecular formula is C14H23N4NaO6S. The van der Waals surface area contributed by atoms with Gasteiger partial charge in [-0.05, 0) is 51.7 Å². The second-order valence-corrected chi connectivity index (χ2v) is 7.88. The second-order valence-electron chi connectivity index (χ2n) is 6.91. The van der Waals surface area contributed by atoms with Gasteiger partial charge < -0.3 is 19.1 Å². The van der Waals surface area contributed by atoms with Gasteiger partial charge >= 0.3 is 35.6 Å². The van der Waals surface area contributed by atoms with Gasteiger partial charge in [0.1, 0.15) is 6.04 Å². The van der Waals surface area contributed by atoms with Crippen molar-refractivity contribution in [3.8, 4) is 0 Å². The first-order valence-electron chi connectivity index (χ1n) is 8.39. The number of piperidine rings is 2. The van der Waals surface area contributed by atoms with Crippen LogP contribution in [0.4, 0.5) is 4.79 Å². The number of urea groups is 1. The van der Waals surface area contributed by atoms with Gasteiger partial charge in [-0.15, -0.1) is 0 Å². The minimum absolute atomic E-state index is 0. The average molecular weight is 398 g/mol. The van der Waals surface area contributed by atoms with Crippen LogP contribution in [0.15, 0.2) is 0 Å². The van der Waals surface area contributed by atoms with Crippen LogP contribution in [0.3, 0.4) is 0 Å². The Labute approximate surface area is 175 Å². The van der Waals surface area contributed by atoms with E-state index in [1.807, 2.05) is 0 Å². The molecule has 3 aliphatic heterocycles. The minimum Gasteiger partial charge on any atom is -0.724 e. The molecule has 0 aromatic heterocycles. The van der Waals surface area contributed by atoms with E-state index >= 15 is 0 Å². The van der Waals surface area contributed by atoms with Gasteiger partial charge in [-0.3, -0.25) is 5.41 Å². The number of ether oxygens (including phenoxy) is 1. The van der Waals surface area contributed by atoms with Crippen LogP contribution in [-0.4, -0.2) is 85.1 Å². The second kappa shape index (κ2) is 8.72. The Morgan fingerprint density at radius 3 is 2.54 bits per heavy atom. The predicted molar refractivity (Wildman–Crippen MR) is 85.4 cm³/mol. The molecule has 0 radical (unpaired) electrons. The smallest absolute Gasteiger partial charge is 0.724 e. The van der Waals surface area contributed by atoms with Crippen molar-refractivity contribution in [2.24, 2.45) is 5.92 Å². The van der Waals surface area contributed by atoms with Gasteiger partial charge in [-0.1, -0.05) is 0 Å². The molecule has 2 bridgehead atoms. The topological polar surface area (TPSA) is 126 Å². The van der Waals surface area contributed by atoms with Crippen LogP contribution in [-0.2, 0) is 19.4 Å². The first kappa shape index (κ1) is 21.9. The molecule has 1 N–H and O–H groups in total. The molecular weight excluding hydrogens is 375 g/mol. The Kier molecular flexibility index (Phi) is 7.33. The van der Waals surface area contributed by atoms with Crippen molar-refractivity contribution in [1.82, 2.24) is 14.9 Å². The predicted octanol–water partition coefficient (Wildman–Crippen LogP) is -3.01. The number of amides is 2. The average Bonchev–Trinajstić information content (AvgIpc) is 2.78. The summed E-state index contributed by atoms with van der Waals surface area (Å²) in [6.07, 6.45) is 2.95. The maximum atomic E-state index is 12.3. The fourth-order valence-electron chi connectivity index (χ4n) is 3.63. The molecule has 0 aromatic carbocycles. The zero-order valence-corrected chi connectivity index (χ0v) is 17.9. The van der Waals surface area contributed by atoms with Crippen LogP contribution in [0.2, 0.25) is 0 Å². The van der Waals surface area contributed by atoms with Crippen molar-refractivity contribution in [3.05, 3.63) is 0 Å². The van der Waals surface area contributed by atoms with Gasteiger partial charge in [0.05, 0.1) is 12.6 Å². The molecule has 3 saturated heterocycles. The van der Waals surface area contributed by atoms with Crippen LogP contribution < -0.4 is 29.6 Å². The number of hydrogen-bond acceptors (Lipinski definition) is 8. The van der Waals surface area contributed by atoms with Gasteiger partial charge in [0.15, 0.2) is 0 Å². The largest absolute Gasteiger partial charge is 1.00 e. The first-order chi connectivity index (χ1) is 11.7. The molecule has 2 amide bonds. The summed E-state index contributed by atoms with van der Waals surface area (Å²) >= 11 is 0. The van der Waals surface area contributed by atoms with Crippen LogP contribution >= 0.6 is 0 Å². The molecule has 0 aliphatic carbocycles. The van der Waals surface area contributed by atoms with Gasteiger partial charge in [0.2, 0.25) is 16.3 Å². The number of hydroxylamine groups is 2. The van der Waals surface area contributed by atoms with Crippen LogP contribution in [0.25, 0.3) is 0 Å². The van der Waals surface area contributed by atoms with Crippen LogP contribution in [0, 0.1) is 11.3 Å². The van der Waals surface area contributed by atoms with Gasteiger partial charge in [0, 0.05) is 6.54 Å². The molecule has 3 aliphatic rings. The molecule has 0 saturated carbocycles. The molecule has 3 fully saturated rings. The summed E-state index contributed by atoms with van der Waals surface area (Å²) in [4.78, 5) is 15.9. The number of nitrogens with one attached hydrogen (secondary N) is 1. The summed E-state index contributed by atoms with van der Waals surface area (Å²) in [6, 6.07) is -1.74. The molecule has 3 rings (SSSR count). The fraction of sp³-hybridized carbons (Fsp3) is 0.857. The Morgan fingerprint density at radius 2 is 1.92 bits per heavy atom. The Hall–Kier alpha value is -0.430.